The van der Waals surface area contributed by atoms with Crippen LogP contribution in [-0.2, 0) is 4.74 Å². The Balaban J connectivity index is 1.83. The van der Waals surface area contributed by atoms with Crippen molar-refractivity contribution in [3.05, 3.63) is 11.5 Å². The Morgan fingerprint density at radius 3 is 2.94 bits per heavy atom. The van der Waals surface area contributed by atoms with Gasteiger partial charge in [0.15, 0.2) is 11.6 Å². The fourth-order valence-electron chi connectivity index (χ4n) is 2.69. The van der Waals surface area contributed by atoms with Gasteiger partial charge in [0.25, 0.3) is 0 Å². The Bertz CT molecular complexity index is 437. The largest absolute Gasteiger partial charge is 0.486 e. The van der Waals surface area contributed by atoms with Crippen molar-refractivity contribution in [2.75, 3.05) is 31.8 Å². The van der Waals surface area contributed by atoms with Crippen molar-refractivity contribution in [3.63, 3.8) is 0 Å². The number of aromatic nitrogens is 2. The SMILES string of the molecule is CN1c2nc(Cl)ncc2OCC1C1CCOCC1. The highest BCUT2D eigenvalue weighted by atomic mass is 35.5. The quantitative estimate of drug-likeness (QED) is 0.727. The van der Waals surface area contributed by atoms with Crippen LogP contribution in [0.1, 0.15) is 12.8 Å². The van der Waals surface area contributed by atoms with Crippen LogP contribution in [0.5, 0.6) is 5.75 Å². The molecule has 18 heavy (non-hydrogen) atoms. The fourth-order valence-corrected chi connectivity index (χ4v) is 2.82. The minimum atomic E-state index is 0.261. The number of likely N-dealkylation sites (N-methyl/N-ethyl adjacent to an activating group) is 1. The molecule has 0 saturated carbocycles. The second kappa shape index (κ2) is 4.90. The van der Waals surface area contributed by atoms with E-state index in [0.29, 0.717) is 24.3 Å². The Morgan fingerprint density at radius 2 is 2.17 bits per heavy atom. The van der Waals surface area contributed by atoms with Crippen molar-refractivity contribution >= 4 is 17.4 Å². The van der Waals surface area contributed by atoms with Gasteiger partial charge >= 0.3 is 0 Å². The molecule has 98 valence electrons. The number of ether oxygens (including phenoxy) is 2. The molecule has 0 bridgehead atoms. The summed E-state index contributed by atoms with van der Waals surface area (Å²) in [6, 6.07) is 0.340. The standard InChI is InChI=1S/C12H16ClN3O2/c1-16-9(8-2-4-17-5-3-8)7-18-10-6-14-12(13)15-11(10)16/h6,8-9H,2-5,7H2,1H3. The molecule has 1 saturated heterocycles. The molecule has 1 aromatic heterocycles. The van der Waals surface area contributed by atoms with Crippen molar-refractivity contribution in [2.45, 2.75) is 18.9 Å². The summed E-state index contributed by atoms with van der Waals surface area (Å²) in [4.78, 5) is 10.4. The van der Waals surface area contributed by atoms with Gasteiger partial charge in [0.1, 0.15) is 6.61 Å². The smallest absolute Gasteiger partial charge is 0.224 e. The van der Waals surface area contributed by atoms with Crippen LogP contribution >= 0.6 is 11.6 Å². The normalized spacial score (nSPS) is 24.6. The second-order valence-corrected chi connectivity index (χ2v) is 5.10. The summed E-state index contributed by atoms with van der Waals surface area (Å²) in [5.74, 6) is 2.09. The molecule has 1 unspecified atom stereocenters. The lowest BCUT2D eigenvalue weighted by Gasteiger charge is -2.40. The predicted molar refractivity (Wildman–Crippen MR) is 68.3 cm³/mol. The first-order chi connectivity index (χ1) is 8.75. The van der Waals surface area contributed by atoms with Gasteiger partial charge < -0.3 is 14.4 Å². The molecule has 0 N–H and O–H groups in total. The molecule has 6 heteroatoms. The highest BCUT2D eigenvalue weighted by Crippen LogP contribution is 2.35. The molecule has 3 rings (SSSR count). The van der Waals surface area contributed by atoms with Gasteiger partial charge in [-0.15, -0.1) is 0 Å². The maximum absolute atomic E-state index is 5.85. The van der Waals surface area contributed by atoms with E-state index in [1.54, 1.807) is 6.20 Å². The molecule has 0 aliphatic carbocycles. The molecule has 1 aromatic rings. The Hall–Kier alpha value is -1.07. The second-order valence-electron chi connectivity index (χ2n) is 4.77. The third kappa shape index (κ3) is 2.12. The molecule has 3 heterocycles. The molecule has 0 spiro atoms. The zero-order valence-electron chi connectivity index (χ0n) is 10.3. The summed E-state index contributed by atoms with van der Waals surface area (Å²) in [5, 5.41) is 0.261. The Kier molecular flexibility index (Phi) is 3.26. The summed E-state index contributed by atoms with van der Waals surface area (Å²) >= 11 is 5.85. The lowest BCUT2D eigenvalue weighted by Crippen LogP contribution is -2.47. The van der Waals surface area contributed by atoms with Crippen molar-refractivity contribution in [2.24, 2.45) is 5.92 Å². The van der Waals surface area contributed by atoms with Gasteiger partial charge in [0.05, 0.1) is 12.2 Å². The van der Waals surface area contributed by atoms with Gasteiger partial charge in [-0.3, -0.25) is 0 Å². The van der Waals surface area contributed by atoms with Crippen LogP contribution in [0.25, 0.3) is 0 Å². The van der Waals surface area contributed by atoms with Crippen LogP contribution in [0.3, 0.4) is 0 Å². The lowest BCUT2D eigenvalue weighted by atomic mass is 9.90. The minimum absolute atomic E-state index is 0.261. The molecular weight excluding hydrogens is 254 g/mol. The van der Waals surface area contributed by atoms with E-state index in [2.05, 4.69) is 14.9 Å². The average Bonchev–Trinajstić information content (AvgIpc) is 2.41. The molecule has 2 aliphatic rings. The Morgan fingerprint density at radius 1 is 1.39 bits per heavy atom. The number of rotatable bonds is 1. The molecule has 1 fully saturated rings. The zero-order valence-corrected chi connectivity index (χ0v) is 11.1. The van der Waals surface area contributed by atoms with E-state index in [1.165, 1.54) is 0 Å². The van der Waals surface area contributed by atoms with Gasteiger partial charge in [0, 0.05) is 20.3 Å². The monoisotopic (exact) mass is 269 g/mol. The number of fused-ring (bicyclic) bond motifs is 1. The maximum atomic E-state index is 5.85. The molecule has 5 nitrogen and oxygen atoms in total. The Labute approximate surface area is 111 Å². The van der Waals surface area contributed by atoms with E-state index in [0.717, 1.165) is 31.9 Å². The van der Waals surface area contributed by atoms with Gasteiger partial charge in [-0.1, -0.05) is 0 Å². The third-order valence-electron chi connectivity index (χ3n) is 3.76. The highest BCUT2D eigenvalue weighted by Gasteiger charge is 2.33. The number of halogens is 1. The summed E-state index contributed by atoms with van der Waals surface area (Å²) in [6.07, 6.45) is 3.79. The molecular formula is C12H16ClN3O2. The lowest BCUT2D eigenvalue weighted by molar-refractivity contribution is 0.0493. The molecule has 0 aromatic carbocycles. The van der Waals surface area contributed by atoms with E-state index >= 15 is 0 Å². The molecule has 0 radical (unpaired) electrons. The topological polar surface area (TPSA) is 47.5 Å². The number of anilines is 1. The van der Waals surface area contributed by atoms with Gasteiger partial charge in [0.2, 0.25) is 5.28 Å². The summed E-state index contributed by atoms with van der Waals surface area (Å²) < 4.78 is 11.2. The molecule has 0 amide bonds. The average molecular weight is 270 g/mol. The van der Waals surface area contributed by atoms with Gasteiger partial charge in [-0.05, 0) is 30.4 Å². The number of nitrogens with zero attached hydrogens (tertiary/aromatic N) is 3. The van der Waals surface area contributed by atoms with Crippen molar-refractivity contribution in [1.29, 1.82) is 0 Å². The van der Waals surface area contributed by atoms with Crippen molar-refractivity contribution < 1.29 is 9.47 Å². The third-order valence-corrected chi connectivity index (χ3v) is 3.94. The van der Waals surface area contributed by atoms with Crippen LogP contribution in [-0.4, -0.2) is 42.9 Å². The zero-order chi connectivity index (χ0) is 12.5. The minimum Gasteiger partial charge on any atom is -0.486 e. The number of hydrogen-bond acceptors (Lipinski definition) is 5. The van der Waals surface area contributed by atoms with Crippen LogP contribution in [0.2, 0.25) is 5.28 Å². The van der Waals surface area contributed by atoms with Crippen LogP contribution < -0.4 is 9.64 Å². The molecule has 2 aliphatic heterocycles. The van der Waals surface area contributed by atoms with E-state index in [4.69, 9.17) is 21.1 Å². The summed E-state index contributed by atoms with van der Waals surface area (Å²) in [6.45, 7) is 2.36. The first-order valence-electron chi connectivity index (χ1n) is 6.21. The van der Waals surface area contributed by atoms with Crippen molar-refractivity contribution in [1.82, 2.24) is 9.97 Å². The summed E-state index contributed by atoms with van der Waals surface area (Å²) in [7, 11) is 2.05. The van der Waals surface area contributed by atoms with E-state index in [9.17, 15) is 0 Å². The van der Waals surface area contributed by atoms with E-state index in [-0.39, 0.29) is 5.28 Å². The first-order valence-corrected chi connectivity index (χ1v) is 6.59. The highest BCUT2D eigenvalue weighted by molar-refractivity contribution is 6.28. The van der Waals surface area contributed by atoms with Crippen molar-refractivity contribution in [3.8, 4) is 5.75 Å². The van der Waals surface area contributed by atoms with Crippen LogP contribution in [0, 0.1) is 5.92 Å². The predicted octanol–water partition coefficient (Wildman–Crippen LogP) is 1.75. The van der Waals surface area contributed by atoms with E-state index in [1.807, 2.05) is 7.05 Å². The fraction of sp³-hybridized carbons (Fsp3) is 0.667. The molecule has 1 atom stereocenters. The van der Waals surface area contributed by atoms with Gasteiger partial charge in [-0.2, -0.15) is 4.98 Å². The number of hydrogen-bond donors (Lipinski definition) is 0. The van der Waals surface area contributed by atoms with E-state index < -0.39 is 0 Å². The van der Waals surface area contributed by atoms with Crippen LogP contribution in [0.15, 0.2) is 6.20 Å². The maximum Gasteiger partial charge on any atom is 0.224 e. The van der Waals surface area contributed by atoms with Crippen LogP contribution in [0.4, 0.5) is 5.82 Å². The first kappa shape index (κ1) is 12.0. The van der Waals surface area contributed by atoms with Gasteiger partial charge in [-0.25, -0.2) is 4.98 Å². The summed E-state index contributed by atoms with van der Waals surface area (Å²) in [5.41, 5.74) is 0.